The van der Waals surface area contributed by atoms with E-state index in [0.717, 1.165) is 44.9 Å². The lowest BCUT2D eigenvalue weighted by atomic mass is 10.2. The number of hydrogen-bond donors (Lipinski definition) is 1. The molecule has 1 saturated heterocycles. The zero-order valence-corrected chi connectivity index (χ0v) is 12.3. The van der Waals surface area contributed by atoms with Crippen molar-refractivity contribution in [1.29, 1.82) is 0 Å². The first-order valence-corrected chi connectivity index (χ1v) is 7.50. The highest BCUT2D eigenvalue weighted by Crippen LogP contribution is 2.13. The molecule has 0 saturated carbocycles. The van der Waals surface area contributed by atoms with Crippen molar-refractivity contribution >= 4 is 0 Å². The fourth-order valence-corrected chi connectivity index (χ4v) is 2.17. The van der Waals surface area contributed by atoms with Gasteiger partial charge in [-0.25, -0.2) is 0 Å². The van der Waals surface area contributed by atoms with Crippen LogP contribution in [0.4, 0.5) is 0 Å². The summed E-state index contributed by atoms with van der Waals surface area (Å²) < 4.78 is 16.7. The van der Waals surface area contributed by atoms with Gasteiger partial charge in [0.1, 0.15) is 12.4 Å². The molecule has 4 heteroatoms. The molecule has 112 valence electrons. The first-order chi connectivity index (χ1) is 9.88. The molecule has 4 nitrogen and oxygen atoms in total. The topological polar surface area (TPSA) is 39.7 Å². The van der Waals surface area contributed by atoms with Gasteiger partial charge in [0.05, 0.1) is 19.3 Å². The summed E-state index contributed by atoms with van der Waals surface area (Å²) in [6, 6.07) is 8.22. The van der Waals surface area contributed by atoms with Gasteiger partial charge < -0.3 is 19.5 Å². The van der Waals surface area contributed by atoms with E-state index in [0.29, 0.717) is 13.2 Å². The van der Waals surface area contributed by atoms with Crippen LogP contribution in [-0.4, -0.2) is 39.1 Å². The SMILES string of the molecule is CCCNCc1cccc(OCCOC2CCOC2)c1. The molecule has 20 heavy (non-hydrogen) atoms. The summed E-state index contributed by atoms with van der Waals surface area (Å²) in [7, 11) is 0. The van der Waals surface area contributed by atoms with E-state index in [1.54, 1.807) is 0 Å². The van der Waals surface area contributed by atoms with Crippen molar-refractivity contribution < 1.29 is 14.2 Å². The second kappa shape index (κ2) is 8.95. The fourth-order valence-electron chi connectivity index (χ4n) is 2.17. The number of hydrogen-bond acceptors (Lipinski definition) is 4. The first kappa shape index (κ1) is 15.3. The molecule has 1 aromatic carbocycles. The average molecular weight is 279 g/mol. The zero-order chi connectivity index (χ0) is 14.0. The van der Waals surface area contributed by atoms with E-state index in [9.17, 15) is 0 Å². The quantitative estimate of drug-likeness (QED) is 0.705. The largest absolute Gasteiger partial charge is 0.491 e. The lowest BCUT2D eigenvalue weighted by Gasteiger charge is -2.11. The number of benzene rings is 1. The van der Waals surface area contributed by atoms with Crippen LogP contribution in [-0.2, 0) is 16.0 Å². The summed E-state index contributed by atoms with van der Waals surface area (Å²) in [6.07, 6.45) is 2.40. The summed E-state index contributed by atoms with van der Waals surface area (Å²) >= 11 is 0. The highest BCUT2D eigenvalue weighted by Gasteiger charge is 2.15. The molecule has 0 amide bonds. The van der Waals surface area contributed by atoms with Crippen LogP contribution in [0.1, 0.15) is 25.3 Å². The van der Waals surface area contributed by atoms with Crippen LogP contribution >= 0.6 is 0 Å². The van der Waals surface area contributed by atoms with Gasteiger partial charge >= 0.3 is 0 Å². The molecule has 0 aromatic heterocycles. The molecule has 0 radical (unpaired) electrons. The van der Waals surface area contributed by atoms with Gasteiger partial charge in [-0.2, -0.15) is 0 Å². The van der Waals surface area contributed by atoms with Crippen LogP contribution in [0.15, 0.2) is 24.3 Å². The number of rotatable bonds is 9. The highest BCUT2D eigenvalue weighted by molar-refractivity contribution is 5.28. The van der Waals surface area contributed by atoms with Crippen molar-refractivity contribution in [2.24, 2.45) is 0 Å². The number of nitrogens with one attached hydrogen (secondary N) is 1. The van der Waals surface area contributed by atoms with E-state index in [1.165, 1.54) is 5.56 Å². The van der Waals surface area contributed by atoms with Gasteiger partial charge in [0.15, 0.2) is 0 Å². The Kier molecular flexibility index (Phi) is 6.84. The smallest absolute Gasteiger partial charge is 0.119 e. The van der Waals surface area contributed by atoms with E-state index >= 15 is 0 Å². The Labute approximate surface area is 121 Å². The molecule has 1 heterocycles. The van der Waals surface area contributed by atoms with E-state index in [4.69, 9.17) is 14.2 Å². The number of ether oxygens (including phenoxy) is 3. The summed E-state index contributed by atoms with van der Waals surface area (Å²) in [6.45, 7) is 6.84. The Balaban J connectivity index is 1.65. The Bertz CT molecular complexity index is 378. The van der Waals surface area contributed by atoms with Crippen molar-refractivity contribution in [1.82, 2.24) is 5.32 Å². The molecular weight excluding hydrogens is 254 g/mol. The van der Waals surface area contributed by atoms with Crippen LogP contribution < -0.4 is 10.1 Å². The molecule has 1 fully saturated rings. The Morgan fingerprint density at radius 2 is 2.30 bits per heavy atom. The molecule has 1 unspecified atom stereocenters. The molecule has 2 rings (SSSR count). The third kappa shape index (κ3) is 5.49. The van der Waals surface area contributed by atoms with Crippen molar-refractivity contribution in [3.63, 3.8) is 0 Å². The van der Waals surface area contributed by atoms with Gasteiger partial charge in [0.25, 0.3) is 0 Å². The summed E-state index contributed by atoms with van der Waals surface area (Å²) in [5.41, 5.74) is 1.25. The van der Waals surface area contributed by atoms with Gasteiger partial charge in [-0.1, -0.05) is 19.1 Å². The molecule has 1 N–H and O–H groups in total. The van der Waals surface area contributed by atoms with Crippen molar-refractivity contribution in [2.45, 2.75) is 32.4 Å². The molecule has 0 bridgehead atoms. The third-order valence-corrected chi connectivity index (χ3v) is 3.25. The first-order valence-electron chi connectivity index (χ1n) is 7.50. The molecule has 0 spiro atoms. The summed E-state index contributed by atoms with van der Waals surface area (Å²) in [5.74, 6) is 0.909. The van der Waals surface area contributed by atoms with Crippen LogP contribution in [0.3, 0.4) is 0 Å². The van der Waals surface area contributed by atoms with E-state index < -0.39 is 0 Å². The van der Waals surface area contributed by atoms with Crippen LogP contribution in [0, 0.1) is 0 Å². The second-order valence-electron chi connectivity index (χ2n) is 5.03. The van der Waals surface area contributed by atoms with E-state index in [1.807, 2.05) is 12.1 Å². The predicted octanol–water partition coefficient (Wildman–Crippen LogP) is 2.37. The maximum atomic E-state index is 5.72. The second-order valence-corrected chi connectivity index (χ2v) is 5.03. The predicted molar refractivity (Wildman–Crippen MR) is 79.1 cm³/mol. The Hall–Kier alpha value is -1.10. The minimum Gasteiger partial charge on any atom is -0.491 e. The van der Waals surface area contributed by atoms with Gasteiger partial charge in [0.2, 0.25) is 0 Å². The van der Waals surface area contributed by atoms with Crippen LogP contribution in [0.25, 0.3) is 0 Å². The minimum absolute atomic E-state index is 0.253. The monoisotopic (exact) mass is 279 g/mol. The van der Waals surface area contributed by atoms with E-state index in [-0.39, 0.29) is 6.10 Å². The summed E-state index contributed by atoms with van der Waals surface area (Å²) in [5, 5.41) is 3.39. The minimum atomic E-state index is 0.253. The zero-order valence-electron chi connectivity index (χ0n) is 12.3. The molecular formula is C16H25NO3. The lowest BCUT2D eigenvalue weighted by Crippen LogP contribution is -2.17. The third-order valence-electron chi connectivity index (χ3n) is 3.25. The average Bonchev–Trinajstić information content (AvgIpc) is 2.98. The molecule has 1 aliphatic heterocycles. The van der Waals surface area contributed by atoms with Crippen LogP contribution in [0.2, 0.25) is 0 Å². The van der Waals surface area contributed by atoms with Crippen LogP contribution in [0.5, 0.6) is 5.75 Å². The Morgan fingerprint density at radius 1 is 1.35 bits per heavy atom. The Morgan fingerprint density at radius 3 is 3.10 bits per heavy atom. The van der Waals surface area contributed by atoms with Gasteiger partial charge in [-0.05, 0) is 37.1 Å². The van der Waals surface area contributed by atoms with Crippen molar-refractivity contribution in [3.05, 3.63) is 29.8 Å². The normalized spacial score (nSPS) is 18.4. The van der Waals surface area contributed by atoms with Gasteiger partial charge in [0, 0.05) is 13.2 Å². The maximum absolute atomic E-state index is 5.72. The lowest BCUT2D eigenvalue weighted by molar-refractivity contribution is 0.0265. The van der Waals surface area contributed by atoms with Crippen molar-refractivity contribution in [3.8, 4) is 5.75 Å². The van der Waals surface area contributed by atoms with Crippen molar-refractivity contribution in [2.75, 3.05) is 33.0 Å². The van der Waals surface area contributed by atoms with Gasteiger partial charge in [-0.3, -0.25) is 0 Å². The fraction of sp³-hybridized carbons (Fsp3) is 0.625. The molecule has 1 aromatic rings. The van der Waals surface area contributed by atoms with E-state index in [2.05, 4.69) is 24.4 Å². The van der Waals surface area contributed by atoms with Gasteiger partial charge in [-0.15, -0.1) is 0 Å². The molecule has 1 aliphatic rings. The molecule has 1 atom stereocenters. The molecule has 0 aliphatic carbocycles. The standard InChI is InChI=1S/C16H25NO3/c1-2-7-17-12-14-4-3-5-15(11-14)19-9-10-20-16-6-8-18-13-16/h3-5,11,16-17H,2,6-10,12-13H2,1H3. The maximum Gasteiger partial charge on any atom is 0.119 e. The summed E-state index contributed by atoms with van der Waals surface area (Å²) in [4.78, 5) is 0. The highest BCUT2D eigenvalue weighted by atomic mass is 16.6.